The molecule has 3 rings (SSSR count). The van der Waals surface area contributed by atoms with Gasteiger partial charge in [0.05, 0.1) is 0 Å². The van der Waals surface area contributed by atoms with Crippen LogP contribution in [0, 0.1) is 0 Å². The highest BCUT2D eigenvalue weighted by atomic mass is 16.3. The first-order chi connectivity index (χ1) is 8.34. The number of hydrogen-bond acceptors (Lipinski definition) is 1. The molecule has 2 atom stereocenters. The number of rotatable bonds is 2. The second kappa shape index (κ2) is 4.40. The lowest BCUT2D eigenvalue weighted by molar-refractivity contribution is 0.464. The Labute approximate surface area is 102 Å². The summed E-state index contributed by atoms with van der Waals surface area (Å²) in [5, 5.41) is 9.99. The van der Waals surface area contributed by atoms with E-state index in [1.807, 2.05) is 6.07 Å². The van der Waals surface area contributed by atoms with Crippen molar-refractivity contribution in [2.45, 2.75) is 37.5 Å². The molecule has 1 nitrogen and oxygen atoms in total. The van der Waals surface area contributed by atoms with Gasteiger partial charge in [-0.25, -0.2) is 0 Å². The van der Waals surface area contributed by atoms with E-state index in [2.05, 4.69) is 36.4 Å². The summed E-state index contributed by atoms with van der Waals surface area (Å²) < 4.78 is 0. The van der Waals surface area contributed by atoms with E-state index in [1.165, 1.54) is 18.4 Å². The molecule has 2 aliphatic carbocycles. The molecular formula is C16H18O. The molecule has 0 fully saturated rings. The maximum absolute atomic E-state index is 9.99. The number of allylic oxidation sites excluding steroid dienone is 4. The largest absolute Gasteiger partial charge is 0.508 e. The molecule has 0 spiro atoms. The minimum atomic E-state index is 0.417. The quantitative estimate of drug-likeness (QED) is 0.747. The maximum Gasteiger partial charge on any atom is 0.119 e. The summed E-state index contributed by atoms with van der Waals surface area (Å²) >= 11 is 0. The van der Waals surface area contributed by atoms with E-state index in [9.17, 15) is 5.11 Å². The number of aromatic hydroxyl groups is 1. The molecule has 0 saturated heterocycles. The van der Waals surface area contributed by atoms with Crippen LogP contribution in [0.1, 0.15) is 48.6 Å². The molecule has 0 bridgehead atoms. The van der Waals surface area contributed by atoms with Gasteiger partial charge in [0.1, 0.15) is 5.75 Å². The minimum Gasteiger partial charge on any atom is -0.508 e. The SMILES string of the molecule is Oc1ccc([C@@H]2C=CCC2)cc1[C@H]1C=CCC1. The third-order valence-corrected chi connectivity index (χ3v) is 3.90. The van der Waals surface area contributed by atoms with Crippen LogP contribution in [0.4, 0.5) is 0 Å². The second-order valence-electron chi connectivity index (χ2n) is 5.04. The van der Waals surface area contributed by atoms with E-state index in [4.69, 9.17) is 0 Å². The van der Waals surface area contributed by atoms with Gasteiger partial charge in [0, 0.05) is 17.4 Å². The molecule has 0 amide bonds. The first-order valence-electron chi connectivity index (χ1n) is 6.51. The van der Waals surface area contributed by atoms with E-state index in [1.54, 1.807) is 0 Å². The highest BCUT2D eigenvalue weighted by Crippen LogP contribution is 2.37. The van der Waals surface area contributed by atoms with Crippen LogP contribution >= 0.6 is 0 Å². The van der Waals surface area contributed by atoms with E-state index in [0.29, 0.717) is 17.6 Å². The molecule has 88 valence electrons. The van der Waals surface area contributed by atoms with Crippen molar-refractivity contribution in [1.82, 2.24) is 0 Å². The number of hydrogen-bond donors (Lipinski definition) is 1. The lowest BCUT2D eigenvalue weighted by Gasteiger charge is -2.15. The smallest absolute Gasteiger partial charge is 0.119 e. The molecule has 1 heteroatoms. The van der Waals surface area contributed by atoms with Crippen LogP contribution in [0.2, 0.25) is 0 Å². The van der Waals surface area contributed by atoms with E-state index >= 15 is 0 Å². The van der Waals surface area contributed by atoms with Crippen molar-refractivity contribution in [3.63, 3.8) is 0 Å². The predicted octanol–water partition coefficient (Wildman–Crippen LogP) is 4.26. The summed E-state index contributed by atoms with van der Waals surface area (Å²) in [4.78, 5) is 0. The Morgan fingerprint density at radius 2 is 1.65 bits per heavy atom. The van der Waals surface area contributed by atoms with E-state index in [0.717, 1.165) is 18.4 Å². The average Bonchev–Trinajstić information content (AvgIpc) is 3.03. The minimum absolute atomic E-state index is 0.417. The summed E-state index contributed by atoms with van der Waals surface area (Å²) in [6.45, 7) is 0. The summed E-state index contributed by atoms with van der Waals surface area (Å²) in [5.74, 6) is 1.42. The fourth-order valence-electron chi connectivity index (χ4n) is 2.90. The Morgan fingerprint density at radius 3 is 2.29 bits per heavy atom. The van der Waals surface area contributed by atoms with Crippen molar-refractivity contribution >= 4 is 0 Å². The van der Waals surface area contributed by atoms with Crippen LogP contribution < -0.4 is 0 Å². The van der Waals surface area contributed by atoms with Crippen molar-refractivity contribution in [2.24, 2.45) is 0 Å². The van der Waals surface area contributed by atoms with Crippen LogP contribution in [-0.2, 0) is 0 Å². The van der Waals surface area contributed by atoms with Crippen LogP contribution in [0.15, 0.2) is 42.5 Å². The molecule has 0 radical (unpaired) electrons. The molecule has 0 saturated carbocycles. The van der Waals surface area contributed by atoms with Crippen molar-refractivity contribution in [2.75, 3.05) is 0 Å². The maximum atomic E-state index is 9.99. The summed E-state index contributed by atoms with van der Waals surface area (Å²) in [5.41, 5.74) is 2.46. The molecule has 0 unspecified atom stereocenters. The number of phenols is 1. The van der Waals surface area contributed by atoms with Crippen LogP contribution in [0.25, 0.3) is 0 Å². The van der Waals surface area contributed by atoms with Gasteiger partial charge in [-0.2, -0.15) is 0 Å². The average molecular weight is 226 g/mol. The summed E-state index contributed by atoms with van der Waals surface area (Å²) in [7, 11) is 0. The molecule has 1 N–H and O–H groups in total. The molecule has 1 aromatic rings. The van der Waals surface area contributed by atoms with Gasteiger partial charge in [-0.3, -0.25) is 0 Å². The van der Waals surface area contributed by atoms with Gasteiger partial charge in [-0.05, 0) is 37.3 Å². The van der Waals surface area contributed by atoms with Crippen LogP contribution in [-0.4, -0.2) is 5.11 Å². The highest BCUT2D eigenvalue weighted by molar-refractivity contribution is 5.43. The van der Waals surface area contributed by atoms with Crippen molar-refractivity contribution in [3.8, 4) is 5.75 Å². The van der Waals surface area contributed by atoms with Gasteiger partial charge in [-0.1, -0.05) is 36.4 Å². The summed E-state index contributed by atoms with van der Waals surface area (Å²) in [6, 6.07) is 6.14. The van der Waals surface area contributed by atoms with E-state index < -0.39 is 0 Å². The fraction of sp³-hybridized carbons (Fsp3) is 0.375. The van der Waals surface area contributed by atoms with Crippen molar-refractivity contribution < 1.29 is 5.11 Å². The van der Waals surface area contributed by atoms with Crippen LogP contribution in [0.3, 0.4) is 0 Å². The molecule has 0 heterocycles. The van der Waals surface area contributed by atoms with Crippen molar-refractivity contribution in [3.05, 3.63) is 53.6 Å². The van der Waals surface area contributed by atoms with Gasteiger partial charge in [-0.15, -0.1) is 0 Å². The number of phenolic OH excluding ortho intramolecular Hbond substituents is 1. The lowest BCUT2D eigenvalue weighted by Crippen LogP contribution is -1.97. The second-order valence-corrected chi connectivity index (χ2v) is 5.04. The van der Waals surface area contributed by atoms with Gasteiger partial charge in [0.25, 0.3) is 0 Å². The zero-order valence-electron chi connectivity index (χ0n) is 9.97. The molecular weight excluding hydrogens is 208 g/mol. The number of benzene rings is 1. The van der Waals surface area contributed by atoms with Gasteiger partial charge < -0.3 is 5.11 Å². The molecule has 1 aromatic carbocycles. The first kappa shape index (κ1) is 10.6. The Kier molecular flexibility index (Phi) is 2.76. The zero-order valence-corrected chi connectivity index (χ0v) is 9.97. The van der Waals surface area contributed by atoms with Gasteiger partial charge in [0.15, 0.2) is 0 Å². The summed E-state index contributed by atoms with van der Waals surface area (Å²) in [6.07, 6.45) is 13.7. The Bertz CT molecular complexity index is 470. The zero-order chi connectivity index (χ0) is 11.7. The molecule has 0 aliphatic heterocycles. The lowest BCUT2D eigenvalue weighted by atomic mass is 9.91. The Balaban J connectivity index is 1.94. The van der Waals surface area contributed by atoms with Gasteiger partial charge >= 0.3 is 0 Å². The topological polar surface area (TPSA) is 20.2 Å². The molecule has 2 aliphatic rings. The molecule has 17 heavy (non-hydrogen) atoms. The predicted molar refractivity (Wildman–Crippen MR) is 70.3 cm³/mol. The Morgan fingerprint density at radius 1 is 0.941 bits per heavy atom. The first-order valence-corrected chi connectivity index (χ1v) is 6.51. The fourth-order valence-corrected chi connectivity index (χ4v) is 2.90. The molecule has 0 aromatic heterocycles. The van der Waals surface area contributed by atoms with Gasteiger partial charge in [0.2, 0.25) is 0 Å². The van der Waals surface area contributed by atoms with Crippen molar-refractivity contribution in [1.29, 1.82) is 0 Å². The van der Waals surface area contributed by atoms with Crippen LogP contribution in [0.5, 0.6) is 5.75 Å². The highest BCUT2D eigenvalue weighted by Gasteiger charge is 2.18. The third-order valence-electron chi connectivity index (χ3n) is 3.90. The van der Waals surface area contributed by atoms with E-state index in [-0.39, 0.29) is 0 Å². The normalized spacial score (nSPS) is 26.8. The Hall–Kier alpha value is -1.50. The third kappa shape index (κ3) is 2.02. The standard InChI is InChI=1S/C16H18O/c17-16-10-9-14(12-5-1-2-6-12)11-15(16)13-7-3-4-8-13/h1,3,5,7,9-13,17H,2,4,6,8H2/t12-,13+/m1/s1. The monoisotopic (exact) mass is 226 g/mol.